The number of hydrogen-bond donors (Lipinski definition) is 2. The second-order valence-electron chi connectivity index (χ2n) is 6.73. The first-order valence-corrected chi connectivity index (χ1v) is 9.92. The maximum absolute atomic E-state index is 12.2. The largest absolute Gasteiger partial charge is 0.497 e. The first-order chi connectivity index (χ1) is 15.6. The van der Waals surface area contributed by atoms with Crippen molar-refractivity contribution in [3.8, 4) is 11.5 Å². The molecule has 0 aliphatic carbocycles. The molecule has 0 aliphatic heterocycles. The maximum atomic E-state index is 12.2. The number of rotatable bonds is 10. The molecule has 3 rings (SSSR count). The van der Waals surface area contributed by atoms with Gasteiger partial charge in [0.25, 0.3) is 0 Å². The molecule has 0 fully saturated rings. The predicted molar refractivity (Wildman–Crippen MR) is 127 cm³/mol. The lowest BCUT2D eigenvalue weighted by Crippen LogP contribution is -1.98. The summed E-state index contributed by atoms with van der Waals surface area (Å²) in [4.78, 5) is 24.5. The molecule has 32 heavy (non-hydrogen) atoms. The third-order valence-corrected chi connectivity index (χ3v) is 4.56. The molecule has 0 saturated carbocycles. The Kier molecular flexibility index (Phi) is 7.81. The molecule has 3 aromatic carbocycles. The molecule has 6 heteroatoms. The van der Waals surface area contributed by atoms with E-state index in [4.69, 9.17) is 9.47 Å². The van der Waals surface area contributed by atoms with E-state index in [-0.39, 0.29) is 11.6 Å². The minimum atomic E-state index is -0.125. The molecule has 0 amide bonds. The van der Waals surface area contributed by atoms with E-state index >= 15 is 0 Å². The van der Waals surface area contributed by atoms with Crippen LogP contribution in [0.2, 0.25) is 0 Å². The summed E-state index contributed by atoms with van der Waals surface area (Å²) >= 11 is 0. The first-order valence-electron chi connectivity index (χ1n) is 9.92. The van der Waals surface area contributed by atoms with Gasteiger partial charge in [-0.05, 0) is 48.5 Å². The molecule has 0 aromatic heterocycles. The number of ether oxygens (including phenoxy) is 2. The second-order valence-corrected chi connectivity index (χ2v) is 6.73. The van der Waals surface area contributed by atoms with Gasteiger partial charge >= 0.3 is 0 Å². The summed E-state index contributed by atoms with van der Waals surface area (Å²) in [7, 11) is 3.13. The number of methoxy groups -OCH3 is 2. The van der Waals surface area contributed by atoms with Crippen molar-refractivity contribution in [1.82, 2.24) is 0 Å². The number of anilines is 2. The summed E-state index contributed by atoms with van der Waals surface area (Å²) in [6.45, 7) is 0. The Bertz CT molecular complexity index is 1040. The summed E-state index contributed by atoms with van der Waals surface area (Å²) in [5.74, 6) is 1.03. The molecule has 6 nitrogen and oxygen atoms in total. The zero-order valence-corrected chi connectivity index (χ0v) is 17.9. The van der Waals surface area contributed by atoms with Gasteiger partial charge in [-0.2, -0.15) is 0 Å². The number of ketones is 2. The highest BCUT2D eigenvalue weighted by molar-refractivity contribution is 6.05. The Morgan fingerprint density at radius 2 is 1.06 bits per heavy atom. The zero-order chi connectivity index (χ0) is 22.8. The maximum Gasteiger partial charge on any atom is 0.187 e. The highest BCUT2D eigenvalue weighted by atomic mass is 16.5. The summed E-state index contributed by atoms with van der Waals surface area (Å²) < 4.78 is 10.3. The smallest absolute Gasteiger partial charge is 0.187 e. The van der Waals surface area contributed by atoms with Gasteiger partial charge in [0.1, 0.15) is 11.5 Å². The van der Waals surface area contributed by atoms with Crippen LogP contribution in [0.15, 0.2) is 97.3 Å². The first kappa shape index (κ1) is 22.4. The quantitative estimate of drug-likeness (QED) is 0.336. The second kappa shape index (κ2) is 11.2. The van der Waals surface area contributed by atoms with E-state index in [0.29, 0.717) is 22.6 Å². The Morgan fingerprint density at radius 3 is 1.44 bits per heavy atom. The van der Waals surface area contributed by atoms with Gasteiger partial charge in [0.05, 0.1) is 14.2 Å². The van der Waals surface area contributed by atoms with Gasteiger partial charge in [0, 0.05) is 47.1 Å². The minimum Gasteiger partial charge on any atom is -0.497 e. The normalized spacial score (nSPS) is 10.8. The van der Waals surface area contributed by atoms with E-state index < -0.39 is 0 Å². The van der Waals surface area contributed by atoms with Crippen LogP contribution in [0, 0.1) is 0 Å². The van der Waals surface area contributed by atoms with Crippen molar-refractivity contribution in [3.63, 3.8) is 0 Å². The van der Waals surface area contributed by atoms with Crippen molar-refractivity contribution < 1.29 is 19.1 Å². The molecule has 0 saturated heterocycles. The molecule has 0 bridgehead atoms. The van der Waals surface area contributed by atoms with E-state index in [1.54, 1.807) is 75.2 Å². The van der Waals surface area contributed by atoms with Gasteiger partial charge in [0.15, 0.2) is 11.6 Å². The standard InChI is InChI=1S/C26H24N2O4/c1-31-23-7-3-5-19(17-23)25(29)13-15-27-21-9-11-22(12-10-21)28-16-14-26(30)20-6-4-8-24(18-20)32-2/h3-18,27-28H,1-2H3. The van der Waals surface area contributed by atoms with Crippen LogP contribution >= 0.6 is 0 Å². The van der Waals surface area contributed by atoms with Crippen molar-refractivity contribution >= 4 is 22.9 Å². The van der Waals surface area contributed by atoms with Gasteiger partial charge in [-0.15, -0.1) is 0 Å². The van der Waals surface area contributed by atoms with Crippen LogP contribution in [0.3, 0.4) is 0 Å². The van der Waals surface area contributed by atoms with E-state index in [2.05, 4.69) is 10.6 Å². The number of carbonyl (C=O) groups excluding carboxylic acids is 2. The highest BCUT2D eigenvalue weighted by Crippen LogP contribution is 2.16. The van der Waals surface area contributed by atoms with Crippen molar-refractivity contribution in [2.75, 3.05) is 24.9 Å². The lowest BCUT2D eigenvalue weighted by Gasteiger charge is -2.04. The third-order valence-electron chi connectivity index (χ3n) is 4.56. The van der Waals surface area contributed by atoms with Gasteiger partial charge in [-0.1, -0.05) is 24.3 Å². The van der Waals surface area contributed by atoms with Crippen molar-refractivity contribution in [3.05, 3.63) is 108 Å². The summed E-state index contributed by atoms with van der Waals surface area (Å²) in [5.41, 5.74) is 2.75. The fourth-order valence-electron chi connectivity index (χ4n) is 2.83. The van der Waals surface area contributed by atoms with Gasteiger partial charge in [-0.3, -0.25) is 9.59 Å². The number of benzene rings is 3. The summed E-state index contributed by atoms with van der Waals surface area (Å²) in [6, 6.07) is 21.4. The predicted octanol–water partition coefficient (Wildman–Crippen LogP) is 5.32. The Morgan fingerprint density at radius 1 is 0.656 bits per heavy atom. The molecule has 2 N–H and O–H groups in total. The SMILES string of the molecule is COc1cccc(C(=O)C=CNc2ccc(NC=CC(=O)c3cccc(OC)c3)cc2)c1. The van der Waals surface area contributed by atoms with Crippen LogP contribution in [0.4, 0.5) is 11.4 Å². The van der Waals surface area contributed by atoms with Crippen molar-refractivity contribution in [1.29, 1.82) is 0 Å². The highest BCUT2D eigenvalue weighted by Gasteiger charge is 2.04. The van der Waals surface area contributed by atoms with Crippen LogP contribution in [0.1, 0.15) is 20.7 Å². The van der Waals surface area contributed by atoms with Crippen LogP contribution in [0.5, 0.6) is 11.5 Å². The number of nitrogens with one attached hydrogen (secondary N) is 2. The fourth-order valence-corrected chi connectivity index (χ4v) is 2.83. The van der Waals surface area contributed by atoms with Gasteiger partial charge in [-0.25, -0.2) is 0 Å². The van der Waals surface area contributed by atoms with Gasteiger partial charge < -0.3 is 20.1 Å². The van der Waals surface area contributed by atoms with E-state index in [1.807, 2.05) is 24.3 Å². The zero-order valence-electron chi connectivity index (χ0n) is 17.9. The molecule has 162 valence electrons. The molecular weight excluding hydrogens is 404 g/mol. The van der Waals surface area contributed by atoms with Crippen molar-refractivity contribution in [2.24, 2.45) is 0 Å². The fraction of sp³-hybridized carbons (Fsp3) is 0.0769. The molecular formula is C26H24N2O4. The molecule has 0 heterocycles. The lowest BCUT2D eigenvalue weighted by atomic mass is 10.1. The van der Waals surface area contributed by atoms with Crippen LogP contribution < -0.4 is 20.1 Å². The molecule has 0 aliphatic rings. The summed E-state index contributed by atoms with van der Waals surface area (Å²) in [5, 5.41) is 6.13. The van der Waals surface area contributed by atoms with Crippen LogP contribution in [-0.4, -0.2) is 25.8 Å². The van der Waals surface area contributed by atoms with Crippen molar-refractivity contribution in [2.45, 2.75) is 0 Å². The molecule has 0 unspecified atom stereocenters. The average molecular weight is 428 g/mol. The number of allylic oxidation sites excluding steroid dienone is 2. The molecule has 0 atom stereocenters. The monoisotopic (exact) mass is 428 g/mol. The topological polar surface area (TPSA) is 76.7 Å². The third kappa shape index (κ3) is 6.34. The van der Waals surface area contributed by atoms with Gasteiger partial charge in [0.2, 0.25) is 0 Å². The minimum absolute atomic E-state index is 0.125. The Labute approximate surface area is 187 Å². The molecule has 0 spiro atoms. The summed E-state index contributed by atoms with van der Waals surface area (Å²) in [6.07, 6.45) is 6.12. The van der Waals surface area contributed by atoms with E-state index in [0.717, 1.165) is 11.4 Å². The Hall–Kier alpha value is -4.32. The molecule has 0 radical (unpaired) electrons. The number of hydrogen-bond acceptors (Lipinski definition) is 6. The van der Waals surface area contributed by atoms with E-state index in [9.17, 15) is 9.59 Å². The number of carbonyl (C=O) groups is 2. The van der Waals surface area contributed by atoms with Crippen LogP contribution in [0.25, 0.3) is 0 Å². The lowest BCUT2D eigenvalue weighted by molar-refractivity contribution is 0.103. The molecule has 3 aromatic rings. The average Bonchev–Trinajstić information content (AvgIpc) is 2.85. The van der Waals surface area contributed by atoms with Crippen LogP contribution in [-0.2, 0) is 0 Å². The Balaban J connectivity index is 1.51. The van der Waals surface area contributed by atoms with E-state index in [1.165, 1.54) is 12.2 Å².